The highest BCUT2D eigenvalue weighted by Gasteiger charge is 2.00. The smallest absolute Gasteiger partial charge is 0.222 e. The molecule has 3 heteroatoms. The average Bonchev–Trinajstić information content (AvgIpc) is 1.65. The molecule has 0 aliphatic rings. The van der Waals surface area contributed by atoms with Gasteiger partial charge in [-0.2, -0.15) is 0 Å². The summed E-state index contributed by atoms with van der Waals surface area (Å²) >= 11 is 0. The van der Waals surface area contributed by atoms with Crippen molar-refractivity contribution in [2.75, 3.05) is 7.05 Å². The quantitative estimate of drug-likeness (QED) is 0.643. The summed E-state index contributed by atoms with van der Waals surface area (Å²) in [5, 5.41) is 2.53. The SMILES string of the molecule is Br.CNC(=O)C(C)C. The Labute approximate surface area is 60.4 Å². The second-order valence-electron chi connectivity index (χ2n) is 1.77. The molecule has 0 atom stereocenters. The predicted octanol–water partition coefficient (Wildman–Crippen LogP) is 0.966. The number of nitrogens with one attached hydrogen (secondary N) is 1. The molecule has 50 valence electrons. The summed E-state index contributed by atoms with van der Waals surface area (Å²) in [6, 6.07) is 0. The largest absolute Gasteiger partial charge is 0.359 e. The van der Waals surface area contributed by atoms with Gasteiger partial charge in [0.2, 0.25) is 5.91 Å². The van der Waals surface area contributed by atoms with Crippen LogP contribution in [0, 0.1) is 5.92 Å². The number of halogens is 1. The van der Waals surface area contributed by atoms with Gasteiger partial charge in [-0.05, 0) is 0 Å². The van der Waals surface area contributed by atoms with Crippen molar-refractivity contribution >= 4 is 22.9 Å². The van der Waals surface area contributed by atoms with Gasteiger partial charge >= 0.3 is 0 Å². The molecule has 0 spiro atoms. The molecule has 0 aromatic heterocycles. The first kappa shape index (κ1) is 10.8. The molecule has 0 aliphatic heterocycles. The van der Waals surface area contributed by atoms with Crippen LogP contribution in [0.25, 0.3) is 0 Å². The fourth-order valence-corrected chi connectivity index (χ4v) is 0.289. The molecule has 0 aliphatic carbocycles. The molecule has 0 saturated carbocycles. The van der Waals surface area contributed by atoms with E-state index in [1.807, 2.05) is 13.8 Å². The number of carbonyl (C=O) groups excluding carboxylic acids is 1. The molecule has 0 aromatic carbocycles. The van der Waals surface area contributed by atoms with Crippen molar-refractivity contribution in [3.8, 4) is 0 Å². The highest BCUT2D eigenvalue weighted by Crippen LogP contribution is 1.87. The lowest BCUT2D eigenvalue weighted by atomic mass is 10.2. The minimum atomic E-state index is 0. The molecule has 0 fully saturated rings. The van der Waals surface area contributed by atoms with Gasteiger partial charge in [0.15, 0.2) is 0 Å². The van der Waals surface area contributed by atoms with E-state index in [9.17, 15) is 4.79 Å². The van der Waals surface area contributed by atoms with Crippen molar-refractivity contribution in [1.82, 2.24) is 5.32 Å². The molecule has 0 aromatic rings. The van der Waals surface area contributed by atoms with E-state index in [2.05, 4.69) is 5.32 Å². The summed E-state index contributed by atoms with van der Waals surface area (Å²) in [5.41, 5.74) is 0. The van der Waals surface area contributed by atoms with Crippen molar-refractivity contribution in [2.45, 2.75) is 13.8 Å². The summed E-state index contributed by atoms with van der Waals surface area (Å²) in [7, 11) is 1.64. The summed E-state index contributed by atoms with van der Waals surface area (Å²) < 4.78 is 0. The van der Waals surface area contributed by atoms with Crippen LogP contribution in [0.4, 0.5) is 0 Å². The van der Waals surface area contributed by atoms with Crippen LogP contribution in [0.2, 0.25) is 0 Å². The minimum Gasteiger partial charge on any atom is -0.359 e. The molecular formula is C5H12BrNO. The average molecular weight is 182 g/mol. The van der Waals surface area contributed by atoms with Gasteiger partial charge in [0.1, 0.15) is 0 Å². The van der Waals surface area contributed by atoms with Crippen molar-refractivity contribution in [2.24, 2.45) is 5.92 Å². The van der Waals surface area contributed by atoms with Gasteiger partial charge in [0, 0.05) is 13.0 Å². The van der Waals surface area contributed by atoms with Crippen LogP contribution in [0.3, 0.4) is 0 Å². The Bertz CT molecular complexity index is 72.8. The third kappa shape index (κ3) is 4.12. The Morgan fingerprint density at radius 2 is 1.88 bits per heavy atom. The second-order valence-corrected chi connectivity index (χ2v) is 1.77. The molecule has 0 rings (SSSR count). The van der Waals surface area contributed by atoms with E-state index >= 15 is 0 Å². The molecule has 0 radical (unpaired) electrons. The zero-order valence-electron chi connectivity index (χ0n) is 5.39. The Morgan fingerprint density at radius 3 is 1.88 bits per heavy atom. The molecule has 0 bridgehead atoms. The molecule has 1 N–H and O–H groups in total. The third-order valence-corrected chi connectivity index (χ3v) is 0.771. The van der Waals surface area contributed by atoms with Crippen LogP contribution in [0.1, 0.15) is 13.8 Å². The number of carbonyl (C=O) groups is 1. The lowest BCUT2D eigenvalue weighted by molar-refractivity contribution is -0.123. The maximum Gasteiger partial charge on any atom is 0.222 e. The standard InChI is InChI=1S/C5H11NO.BrH/c1-4(2)5(7)6-3;/h4H,1-3H3,(H,6,7);1H. The van der Waals surface area contributed by atoms with E-state index < -0.39 is 0 Å². The number of hydrogen-bond donors (Lipinski definition) is 1. The van der Waals surface area contributed by atoms with Crippen LogP contribution < -0.4 is 5.32 Å². The van der Waals surface area contributed by atoms with Gasteiger partial charge in [-0.25, -0.2) is 0 Å². The van der Waals surface area contributed by atoms with E-state index in [4.69, 9.17) is 0 Å². The first-order chi connectivity index (χ1) is 3.18. The number of amides is 1. The molecule has 8 heavy (non-hydrogen) atoms. The molecule has 0 saturated heterocycles. The van der Waals surface area contributed by atoms with Crippen molar-refractivity contribution in [3.05, 3.63) is 0 Å². The lowest BCUT2D eigenvalue weighted by Crippen LogP contribution is -2.22. The first-order valence-electron chi connectivity index (χ1n) is 2.40. The topological polar surface area (TPSA) is 29.1 Å². The zero-order chi connectivity index (χ0) is 5.86. The predicted molar refractivity (Wildman–Crippen MR) is 39.2 cm³/mol. The van der Waals surface area contributed by atoms with Gasteiger partial charge in [-0.3, -0.25) is 4.79 Å². The van der Waals surface area contributed by atoms with Gasteiger partial charge in [0.25, 0.3) is 0 Å². The lowest BCUT2D eigenvalue weighted by Gasteiger charge is -1.98. The van der Waals surface area contributed by atoms with Crippen LogP contribution in [-0.4, -0.2) is 13.0 Å². The van der Waals surface area contributed by atoms with Crippen LogP contribution in [0.5, 0.6) is 0 Å². The van der Waals surface area contributed by atoms with E-state index in [0.717, 1.165) is 0 Å². The number of rotatable bonds is 1. The van der Waals surface area contributed by atoms with Gasteiger partial charge in [-0.1, -0.05) is 13.8 Å². The molecule has 0 unspecified atom stereocenters. The van der Waals surface area contributed by atoms with Gasteiger partial charge < -0.3 is 5.32 Å². The Morgan fingerprint density at radius 1 is 1.50 bits per heavy atom. The van der Waals surface area contributed by atoms with E-state index in [0.29, 0.717) is 0 Å². The van der Waals surface area contributed by atoms with Gasteiger partial charge in [-0.15, -0.1) is 17.0 Å². The molecule has 0 heterocycles. The van der Waals surface area contributed by atoms with Crippen LogP contribution in [0.15, 0.2) is 0 Å². The van der Waals surface area contributed by atoms with E-state index in [1.54, 1.807) is 7.05 Å². The zero-order valence-corrected chi connectivity index (χ0v) is 7.11. The van der Waals surface area contributed by atoms with E-state index in [1.165, 1.54) is 0 Å². The second kappa shape index (κ2) is 5.09. The molecule has 1 amide bonds. The Kier molecular flexibility index (Phi) is 6.91. The highest BCUT2D eigenvalue weighted by atomic mass is 79.9. The highest BCUT2D eigenvalue weighted by molar-refractivity contribution is 8.93. The maximum atomic E-state index is 10.4. The summed E-state index contributed by atoms with van der Waals surface area (Å²) in [5.74, 6) is 0.213. The van der Waals surface area contributed by atoms with Crippen molar-refractivity contribution in [1.29, 1.82) is 0 Å². The normalized spacial score (nSPS) is 8.00. The van der Waals surface area contributed by atoms with Crippen LogP contribution in [-0.2, 0) is 4.79 Å². The fraction of sp³-hybridized carbons (Fsp3) is 0.800. The Hall–Kier alpha value is -0.0500. The summed E-state index contributed by atoms with van der Waals surface area (Å²) in [4.78, 5) is 10.4. The van der Waals surface area contributed by atoms with Gasteiger partial charge in [0.05, 0.1) is 0 Å². The Balaban J connectivity index is 0. The monoisotopic (exact) mass is 181 g/mol. The van der Waals surface area contributed by atoms with E-state index in [-0.39, 0.29) is 28.8 Å². The molecule has 2 nitrogen and oxygen atoms in total. The van der Waals surface area contributed by atoms with Crippen molar-refractivity contribution in [3.63, 3.8) is 0 Å². The summed E-state index contributed by atoms with van der Waals surface area (Å²) in [6.07, 6.45) is 0. The first-order valence-corrected chi connectivity index (χ1v) is 2.40. The summed E-state index contributed by atoms with van der Waals surface area (Å²) in [6.45, 7) is 3.72. The minimum absolute atomic E-state index is 0. The maximum absolute atomic E-state index is 10.4. The third-order valence-electron chi connectivity index (χ3n) is 0.771. The van der Waals surface area contributed by atoms with Crippen molar-refractivity contribution < 1.29 is 4.79 Å². The fourth-order valence-electron chi connectivity index (χ4n) is 0.289. The number of hydrogen-bond acceptors (Lipinski definition) is 1. The van der Waals surface area contributed by atoms with Crippen LogP contribution >= 0.6 is 17.0 Å². The molecular weight excluding hydrogens is 170 g/mol.